The topological polar surface area (TPSA) is 55.8 Å². The summed E-state index contributed by atoms with van der Waals surface area (Å²) in [5, 5.41) is 9.59. The lowest BCUT2D eigenvalue weighted by atomic mass is 10.0. The van der Waals surface area contributed by atoms with Crippen LogP contribution in [0.4, 0.5) is 0 Å². The van der Waals surface area contributed by atoms with Crippen LogP contribution in [0, 0.1) is 0 Å². The van der Waals surface area contributed by atoms with E-state index >= 15 is 0 Å². The fourth-order valence-corrected chi connectivity index (χ4v) is 6.39. The minimum atomic E-state index is -0.532. The third-order valence-electron chi connectivity index (χ3n) is 9.72. The molecule has 0 saturated heterocycles. The Kier molecular flexibility index (Phi) is 42.6. The van der Waals surface area contributed by atoms with Crippen LogP contribution in [0.3, 0.4) is 0 Å². The molecule has 0 aliphatic heterocycles. The first kappa shape index (κ1) is 48.6. The van der Waals surface area contributed by atoms with E-state index in [1.165, 1.54) is 173 Å². The molecule has 0 aromatic heterocycles. The molecule has 50 heavy (non-hydrogen) atoms. The van der Waals surface area contributed by atoms with Crippen LogP contribution in [-0.4, -0.2) is 37.0 Å². The van der Waals surface area contributed by atoms with E-state index in [9.17, 15) is 9.90 Å². The van der Waals surface area contributed by atoms with Crippen LogP contribution < -0.4 is 0 Å². The molecule has 4 heteroatoms. The predicted octanol–water partition coefficient (Wildman–Crippen LogP) is 14.5. The third-order valence-corrected chi connectivity index (χ3v) is 9.72. The van der Waals surface area contributed by atoms with Crippen molar-refractivity contribution in [1.82, 2.24) is 0 Å². The monoisotopic (exact) mass is 703 g/mol. The van der Waals surface area contributed by atoms with Crippen LogP contribution in [0.5, 0.6) is 0 Å². The number of carbonyl (C=O) groups excluding carboxylic acids is 1. The minimum Gasteiger partial charge on any atom is -0.457 e. The van der Waals surface area contributed by atoms with E-state index in [2.05, 4.69) is 50.3 Å². The van der Waals surface area contributed by atoms with Gasteiger partial charge in [0.05, 0.1) is 13.2 Å². The third kappa shape index (κ3) is 41.0. The number of allylic oxidation sites excluding steroid dienone is 6. The Balaban J connectivity index is 3.40. The first-order valence-corrected chi connectivity index (χ1v) is 22.1. The maximum absolute atomic E-state index is 12.2. The fraction of sp³-hybridized carbons (Fsp3) is 0.848. The average Bonchev–Trinajstić information content (AvgIpc) is 3.12. The quantitative estimate of drug-likeness (QED) is 0.0391. The molecule has 0 amide bonds. The number of ether oxygens (including phenoxy) is 2. The standard InChI is InChI=1S/C46H86O4/c1-3-5-7-9-11-13-15-17-18-19-20-21-22-23-24-25-26-27-28-29-30-32-34-36-38-40-42-49-44-45(43-47)50-46(48)41-39-37-35-33-31-16-14-12-10-8-6-4-2/h15,17,19-20,22-23,45,47H,3-14,16,18,21,24-44H2,1-2H3/b17-15-,20-19-,23-22-. The number of carbonyl (C=O) groups is 1. The van der Waals surface area contributed by atoms with Crippen molar-refractivity contribution in [2.45, 2.75) is 232 Å². The predicted molar refractivity (Wildman–Crippen MR) is 219 cm³/mol. The normalized spacial score (nSPS) is 12.6. The molecule has 1 unspecified atom stereocenters. The van der Waals surface area contributed by atoms with E-state index in [-0.39, 0.29) is 12.6 Å². The molecule has 0 aliphatic rings. The largest absolute Gasteiger partial charge is 0.457 e. The van der Waals surface area contributed by atoms with Crippen LogP contribution in [0.25, 0.3) is 0 Å². The van der Waals surface area contributed by atoms with E-state index in [4.69, 9.17) is 9.47 Å². The number of rotatable bonds is 41. The number of hydrogen-bond acceptors (Lipinski definition) is 4. The number of hydrogen-bond donors (Lipinski definition) is 1. The van der Waals surface area contributed by atoms with Crippen LogP contribution in [0.15, 0.2) is 36.5 Å². The fourth-order valence-electron chi connectivity index (χ4n) is 6.39. The molecular formula is C46H86O4. The lowest BCUT2D eigenvalue weighted by molar-refractivity contribution is -0.154. The summed E-state index contributed by atoms with van der Waals surface area (Å²) in [5.41, 5.74) is 0. The highest BCUT2D eigenvalue weighted by atomic mass is 16.6. The van der Waals surface area contributed by atoms with Crippen molar-refractivity contribution in [2.75, 3.05) is 19.8 Å². The van der Waals surface area contributed by atoms with Crippen molar-refractivity contribution in [3.63, 3.8) is 0 Å². The molecule has 0 radical (unpaired) electrons. The maximum Gasteiger partial charge on any atom is 0.306 e. The van der Waals surface area contributed by atoms with E-state index < -0.39 is 6.10 Å². The Morgan fingerprint density at radius 3 is 1.26 bits per heavy atom. The van der Waals surface area contributed by atoms with Crippen LogP contribution in [0.2, 0.25) is 0 Å². The zero-order valence-electron chi connectivity index (χ0n) is 33.7. The van der Waals surface area contributed by atoms with E-state index in [1.54, 1.807) is 0 Å². The van der Waals surface area contributed by atoms with Gasteiger partial charge in [-0.15, -0.1) is 0 Å². The van der Waals surface area contributed by atoms with Crippen molar-refractivity contribution in [3.8, 4) is 0 Å². The van der Waals surface area contributed by atoms with Gasteiger partial charge >= 0.3 is 5.97 Å². The molecule has 0 aliphatic carbocycles. The average molecular weight is 703 g/mol. The van der Waals surface area contributed by atoms with Gasteiger partial charge in [0.15, 0.2) is 0 Å². The van der Waals surface area contributed by atoms with Gasteiger partial charge in [-0.1, -0.05) is 204 Å². The SMILES string of the molecule is CCCCCCC/C=C\C/C=C\C/C=C\CCCCCCCCCCCCCOCC(CO)OC(=O)CCCCCCCCCCCCCC. The summed E-state index contributed by atoms with van der Waals surface area (Å²) in [5.74, 6) is -0.201. The van der Waals surface area contributed by atoms with Crippen LogP contribution in [0.1, 0.15) is 226 Å². The van der Waals surface area contributed by atoms with Crippen molar-refractivity contribution in [3.05, 3.63) is 36.5 Å². The van der Waals surface area contributed by atoms with Crippen molar-refractivity contribution in [2.24, 2.45) is 0 Å². The molecule has 1 atom stereocenters. The van der Waals surface area contributed by atoms with Gasteiger partial charge in [-0.05, 0) is 51.4 Å². The first-order chi connectivity index (χ1) is 24.7. The molecule has 1 N–H and O–H groups in total. The van der Waals surface area contributed by atoms with Crippen molar-refractivity contribution >= 4 is 5.97 Å². The molecule has 294 valence electrons. The minimum absolute atomic E-state index is 0.170. The van der Waals surface area contributed by atoms with Gasteiger partial charge in [-0.3, -0.25) is 4.79 Å². The highest BCUT2D eigenvalue weighted by molar-refractivity contribution is 5.69. The molecule has 0 aromatic carbocycles. The van der Waals surface area contributed by atoms with Gasteiger partial charge in [-0.2, -0.15) is 0 Å². The second kappa shape index (κ2) is 43.8. The number of unbranched alkanes of at least 4 members (excludes halogenated alkanes) is 27. The second-order valence-corrected chi connectivity index (χ2v) is 14.8. The zero-order valence-corrected chi connectivity index (χ0v) is 33.7. The summed E-state index contributed by atoms with van der Waals surface area (Å²) in [6.45, 7) is 5.34. The molecule has 0 aromatic rings. The molecule has 4 nitrogen and oxygen atoms in total. The Morgan fingerprint density at radius 2 is 0.840 bits per heavy atom. The second-order valence-electron chi connectivity index (χ2n) is 14.8. The first-order valence-electron chi connectivity index (χ1n) is 22.1. The maximum atomic E-state index is 12.2. The molecule has 0 rings (SSSR count). The van der Waals surface area contributed by atoms with Crippen molar-refractivity contribution in [1.29, 1.82) is 0 Å². The number of esters is 1. The summed E-state index contributed by atoms with van der Waals surface area (Å²) in [6, 6.07) is 0. The Hall–Kier alpha value is -1.39. The summed E-state index contributed by atoms with van der Waals surface area (Å²) >= 11 is 0. The number of aliphatic hydroxyl groups excluding tert-OH is 1. The summed E-state index contributed by atoms with van der Waals surface area (Å²) in [4.78, 5) is 12.2. The van der Waals surface area contributed by atoms with E-state index in [1.807, 2.05) is 0 Å². The summed E-state index contributed by atoms with van der Waals surface area (Å²) in [6.07, 6.45) is 55.0. The highest BCUT2D eigenvalue weighted by Gasteiger charge is 2.13. The lowest BCUT2D eigenvalue weighted by Crippen LogP contribution is -2.27. The van der Waals surface area contributed by atoms with Crippen LogP contribution in [-0.2, 0) is 14.3 Å². The molecule has 0 spiro atoms. The van der Waals surface area contributed by atoms with Crippen LogP contribution >= 0.6 is 0 Å². The van der Waals surface area contributed by atoms with Gasteiger partial charge in [-0.25, -0.2) is 0 Å². The Morgan fingerprint density at radius 1 is 0.480 bits per heavy atom. The smallest absolute Gasteiger partial charge is 0.306 e. The molecule has 0 saturated carbocycles. The van der Waals surface area contributed by atoms with Crippen molar-refractivity contribution < 1.29 is 19.4 Å². The van der Waals surface area contributed by atoms with Gasteiger partial charge in [0.2, 0.25) is 0 Å². The molecular weight excluding hydrogens is 617 g/mol. The molecule has 0 heterocycles. The van der Waals surface area contributed by atoms with E-state index in [0.717, 1.165) is 32.1 Å². The lowest BCUT2D eigenvalue weighted by Gasteiger charge is -2.16. The van der Waals surface area contributed by atoms with Gasteiger partial charge in [0.1, 0.15) is 6.10 Å². The molecule has 0 bridgehead atoms. The Bertz CT molecular complexity index is 742. The Labute approximate surface area is 312 Å². The van der Waals surface area contributed by atoms with E-state index in [0.29, 0.717) is 19.6 Å². The number of aliphatic hydroxyl groups is 1. The van der Waals surface area contributed by atoms with Gasteiger partial charge in [0, 0.05) is 13.0 Å². The molecule has 0 fully saturated rings. The van der Waals surface area contributed by atoms with Gasteiger partial charge < -0.3 is 14.6 Å². The van der Waals surface area contributed by atoms with Gasteiger partial charge in [0.25, 0.3) is 0 Å². The summed E-state index contributed by atoms with van der Waals surface area (Å²) < 4.78 is 11.2. The highest BCUT2D eigenvalue weighted by Crippen LogP contribution is 2.14. The summed E-state index contributed by atoms with van der Waals surface area (Å²) in [7, 11) is 0. The zero-order chi connectivity index (χ0) is 36.3.